The standard InChI is InChI=1S/C25H30N2O7/c1-7-11(2)21(24(30)31)27-20(29)10-26-19(28)9-18-13(4)17-8-16-12(3)15(6)33-22(16)14(5)23(17)34-25(18)32/h8,11,21H,7,9-10H2,1-6H3,(H,26,28)(H,27,29)(H,30,31)/p-1/t11-,21+/m1/s1. The van der Waals surface area contributed by atoms with E-state index in [1.165, 1.54) is 0 Å². The number of carboxylic acids is 1. The van der Waals surface area contributed by atoms with Gasteiger partial charge in [-0.05, 0) is 50.8 Å². The molecule has 0 aliphatic carbocycles. The van der Waals surface area contributed by atoms with Crippen LogP contribution in [0.25, 0.3) is 21.9 Å². The lowest BCUT2D eigenvalue weighted by molar-refractivity contribution is -0.309. The first-order valence-electron chi connectivity index (χ1n) is 11.2. The van der Waals surface area contributed by atoms with Gasteiger partial charge in [-0.2, -0.15) is 0 Å². The summed E-state index contributed by atoms with van der Waals surface area (Å²) in [5.74, 6) is -2.15. The number of carboxylic acid groups (broad SMARTS) is 1. The number of carbonyl (C=O) groups is 3. The van der Waals surface area contributed by atoms with Crippen molar-refractivity contribution in [3.05, 3.63) is 44.5 Å². The number of carbonyl (C=O) groups excluding carboxylic acids is 3. The smallest absolute Gasteiger partial charge is 0.340 e. The number of hydrogen-bond donors (Lipinski definition) is 2. The third-order valence-electron chi connectivity index (χ3n) is 6.51. The summed E-state index contributed by atoms with van der Waals surface area (Å²) in [6.07, 6.45) is 0.249. The van der Waals surface area contributed by atoms with Crippen LogP contribution in [0, 0.1) is 33.6 Å². The molecular formula is C25H29N2O7-. The van der Waals surface area contributed by atoms with Crippen molar-refractivity contribution in [2.75, 3.05) is 6.54 Å². The summed E-state index contributed by atoms with van der Waals surface area (Å²) in [5, 5.41) is 17.7. The molecule has 2 heterocycles. The molecule has 2 aromatic heterocycles. The Bertz CT molecular complexity index is 1350. The minimum atomic E-state index is -1.38. The first kappa shape index (κ1) is 25.0. The Kier molecular flexibility index (Phi) is 7.14. The average molecular weight is 470 g/mol. The molecule has 3 aromatic rings. The first-order valence-corrected chi connectivity index (χ1v) is 11.2. The van der Waals surface area contributed by atoms with Crippen molar-refractivity contribution in [3.63, 3.8) is 0 Å². The lowest BCUT2D eigenvalue weighted by atomic mass is 9.98. The highest BCUT2D eigenvalue weighted by Gasteiger charge is 2.22. The van der Waals surface area contributed by atoms with E-state index in [2.05, 4.69) is 10.6 Å². The maximum atomic E-state index is 12.7. The van der Waals surface area contributed by atoms with Gasteiger partial charge < -0.3 is 29.4 Å². The van der Waals surface area contributed by atoms with Gasteiger partial charge in [-0.15, -0.1) is 0 Å². The number of aryl methyl sites for hydroxylation is 4. The molecule has 2 atom stereocenters. The molecule has 2 amide bonds. The summed E-state index contributed by atoms with van der Waals surface area (Å²) in [6.45, 7) is 10.4. The molecule has 9 nitrogen and oxygen atoms in total. The van der Waals surface area contributed by atoms with Gasteiger partial charge >= 0.3 is 5.63 Å². The first-order chi connectivity index (χ1) is 16.0. The number of fused-ring (bicyclic) bond motifs is 2. The summed E-state index contributed by atoms with van der Waals surface area (Å²) in [7, 11) is 0. The monoisotopic (exact) mass is 469 g/mol. The molecule has 9 heteroatoms. The van der Waals surface area contributed by atoms with E-state index in [1.807, 2.05) is 26.8 Å². The second-order valence-corrected chi connectivity index (χ2v) is 8.73. The van der Waals surface area contributed by atoms with Crippen molar-refractivity contribution in [1.82, 2.24) is 10.6 Å². The van der Waals surface area contributed by atoms with Gasteiger partial charge in [0.1, 0.15) is 16.9 Å². The van der Waals surface area contributed by atoms with Crippen molar-refractivity contribution >= 4 is 39.7 Å². The van der Waals surface area contributed by atoms with Crippen LogP contribution >= 0.6 is 0 Å². The summed E-state index contributed by atoms with van der Waals surface area (Å²) in [5.41, 5.74) is 2.93. The van der Waals surface area contributed by atoms with Gasteiger partial charge in [0.05, 0.1) is 30.5 Å². The summed E-state index contributed by atoms with van der Waals surface area (Å²) >= 11 is 0. The number of nitrogens with one attached hydrogen (secondary N) is 2. The van der Waals surface area contributed by atoms with Crippen LogP contribution < -0.4 is 21.4 Å². The van der Waals surface area contributed by atoms with Gasteiger partial charge in [-0.1, -0.05) is 20.3 Å². The number of benzene rings is 1. The van der Waals surface area contributed by atoms with Gasteiger partial charge in [0.15, 0.2) is 0 Å². The van der Waals surface area contributed by atoms with E-state index >= 15 is 0 Å². The lowest BCUT2D eigenvalue weighted by Gasteiger charge is -2.25. The SMILES string of the molecule is CC[C@@H](C)[C@H](NC(=O)CNC(=O)Cc1c(C)c2cc3c(C)c(C)oc3c(C)c2oc1=O)C(=O)[O-]. The van der Waals surface area contributed by atoms with Crippen LogP contribution in [-0.2, 0) is 20.8 Å². The molecule has 0 saturated heterocycles. The minimum absolute atomic E-state index is 0.189. The zero-order valence-electron chi connectivity index (χ0n) is 20.2. The number of amides is 2. The van der Waals surface area contributed by atoms with Crippen molar-refractivity contribution in [2.45, 2.75) is 60.4 Å². The van der Waals surface area contributed by atoms with E-state index in [0.29, 0.717) is 34.1 Å². The van der Waals surface area contributed by atoms with Crippen LogP contribution in [0.5, 0.6) is 0 Å². The largest absolute Gasteiger partial charge is 0.548 e. The topological polar surface area (TPSA) is 142 Å². The molecule has 182 valence electrons. The average Bonchev–Trinajstić information content (AvgIpc) is 3.08. The molecule has 3 rings (SSSR count). The van der Waals surface area contributed by atoms with E-state index in [-0.39, 0.29) is 17.9 Å². The van der Waals surface area contributed by atoms with Crippen molar-refractivity contribution in [2.24, 2.45) is 5.92 Å². The lowest BCUT2D eigenvalue weighted by Crippen LogP contribution is -2.53. The van der Waals surface area contributed by atoms with Crippen LogP contribution in [0.3, 0.4) is 0 Å². The fourth-order valence-electron chi connectivity index (χ4n) is 3.99. The van der Waals surface area contributed by atoms with Gasteiger partial charge in [0.25, 0.3) is 0 Å². The Morgan fingerprint density at radius 1 is 0.971 bits per heavy atom. The highest BCUT2D eigenvalue weighted by molar-refractivity contribution is 6.00. The fraction of sp³-hybridized carbons (Fsp3) is 0.440. The Labute approximate surface area is 196 Å². The molecule has 0 saturated carbocycles. The Morgan fingerprint density at radius 3 is 2.21 bits per heavy atom. The molecule has 1 aromatic carbocycles. The molecule has 2 N–H and O–H groups in total. The van der Waals surface area contributed by atoms with Crippen LogP contribution in [-0.4, -0.2) is 30.4 Å². The molecule has 34 heavy (non-hydrogen) atoms. The molecule has 0 unspecified atom stereocenters. The number of rotatable bonds is 8. The molecule has 0 fully saturated rings. The molecule has 0 aliphatic heterocycles. The minimum Gasteiger partial charge on any atom is -0.548 e. The Morgan fingerprint density at radius 2 is 1.59 bits per heavy atom. The molecular weight excluding hydrogens is 440 g/mol. The van der Waals surface area contributed by atoms with Gasteiger partial charge in [0.2, 0.25) is 11.8 Å². The molecule has 0 bridgehead atoms. The van der Waals surface area contributed by atoms with Gasteiger partial charge in [-0.3, -0.25) is 9.59 Å². The maximum absolute atomic E-state index is 12.7. The van der Waals surface area contributed by atoms with E-state index < -0.39 is 36.0 Å². The fourth-order valence-corrected chi connectivity index (χ4v) is 3.99. The van der Waals surface area contributed by atoms with Crippen LogP contribution in [0.4, 0.5) is 0 Å². The normalized spacial score (nSPS) is 13.1. The van der Waals surface area contributed by atoms with E-state index in [4.69, 9.17) is 8.83 Å². The van der Waals surface area contributed by atoms with Crippen LogP contribution in [0.15, 0.2) is 19.7 Å². The van der Waals surface area contributed by atoms with E-state index in [1.54, 1.807) is 20.8 Å². The van der Waals surface area contributed by atoms with Crippen LogP contribution in [0.1, 0.15) is 48.3 Å². The van der Waals surface area contributed by atoms with Crippen LogP contribution in [0.2, 0.25) is 0 Å². The highest BCUT2D eigenvalue weighted by Crippen LogP contribution is 2.34. The number of aliphatic carboxylic acids is 1. The Hall–Kier alpha value is -3.62. The number of furan rings is 1. The second-order valence-electron chi connectivity index (χ2n) is 8.73. The molecule has 0 aliphatic rings. The highest BCUT2D eigenvalue weighted by atomic mass is 16.4. The van der Waals surface area contributed by atoms with Crippen molar-refractivity contribution in [3.8, 4) is 0 Å². The Balaban J connectivity index is 1.80. The van der Waals surface area contributed by atoms with Gasteiger partial charge in [0, 0.05) is 16.3 Å². The predicted octanol–water partition coefficient (Wildman–Crippen LogP) is 1.71. The molecule has 0 spiro atoms. The van der Waals surface area contributed by atoms with E-state index in [9.17, 15) is 24.3 Å². The van der Waals surface area contributed by atoms with Crippen molar-refractivity contribution < 1.29 is 28.3 Å². The zero-order valence-corrected chi connectivity index (χ0v) is 20.2. The summed E-state index contributed by atoms with van der Waals surface area (Å²) in [4.78, 5) is 48.6. The third kappa shape index (κ3) is 4.69. The summed E-state index contributed by atoms with van der Waals surface area (Å²) < 4.78 is 11.4. The zero-order chi connectivity index (χ0) is 25.3. The summed E-state index contributed by atoms with van der Waals surface area (Å²) in [6, 6.07) is 0.741. The van der Waals surface area contributed by atoms with Gasteiger partial charge in [-0.25, -0.2) is 4.79 Å². The predicted molar refractivity (Wildman–Crippen MR) is 124 cm³/mol. The van der Waals surface area contributed by atoms with Crippen molar-refractivity contribution in [1.29, 1.82) is 0 Å². The molecule has 0 radical (unpaired) electrons. The third-order valence-corrected chi connectivity index (χ3v) is 6.51. The number of hydrogen-bond acceptors (Lipinski definition) is 7. The second kappa shape index (κ2) is 9.70. The maximum Gasteiger partial charge on any atom is 0.340 e. The quantitative estimate of drug-likeness (QED) is 0.478. The van der Waals surface area contributed by atoms with E-state index in [0.717, 1.165) is 16.7 Å².